The van der Waals surface area contributed by atoms with Crippen molar-refractivity contribution in [1.82, 2.24) is 9.80 Å². The number of nitrogens with zero attached hydrogens (tertiary/aromatic N) is 2. The molecule has 4 amide bonds. The number of rotatable bonds is 4. The summed E-state index contributed by atoms with van der Waals surface area (Å²) in [6.07, 6.45) is 1.37. The van der Waals surface area contributed by atoms with Gasteiger partial charge in [-0.1, -0.05) is 11.6 Å². The Bertz CT molecular complexity index is 718. The SMILES string of the molecule is CCOc1cc(C=C2C(=O)N(C)C(=O)N(C)C2=O)cc(Cl)c1OC. The number of urea groups is 1. The molecule has 128 valence electrons. The normalized spacial score (nSPS) is 15.0. The first-order chi connectivity index (χ1) is 11.3. The second-order valence-electron chi connectivity index (χ2n) is 5.04. The summed E-state index contributed by atoms with van der Waals surface area (Å²) in [5.74, 6) is -0.583. The number of halogens is 1. The zero-order chi connectivity index (χ0) is 18.0. The number of hydrogen-bond acceptors (Lipinski definition) is 5. The van der Waals surface area contributed by atoms with Crippen LogP contribution in [0, 0.1) is 0 Å². The molecule has 0 unspecified atom stereocenters. The van der Waals surface area contributed by atoms with E-state index >= 15 is 0 Å². The van der Waals surface area contributed by atoms with E-state index in [0.717, 1.165) is 9.80 Å². The number of carbonyl (C=O) groups is 3. The zero-order valence-corrected chi connectivity index (χ0v) is 14.5. The van der Waals surface area contributed by atoms with Gasteiger partial charge in [0.15, 0.2) is 11.5 Å². The summed E-state index contributed by atoms with van der Waals surface area (Å²) < 4.78 is 10.7. The Hall–Kier alpha value is -2.54. The number of likely N-dealkylation sites (N-methyl/N-ethyl adjacent to an activating group) is 2. The molecule has 0 aromatic heterocycles. The molecule has 24 heavy (non-hydrogen) atoms. The van der Waals surface area contributed by atoms with Crippen LogP contribution in [0.3, 0.4) is 0 Å². The van der Waals surface area contributed by atoms with Gasteiger partial charge in [0.25, 0.3) is 11.8 Å². The average molecular weight is 353 g/mol. The van der Waals surface area contributed by atoms with Gasteiger partial charge in [-0.2, -0.15) is 0 Å². The maximum atomic E-state index is 12.2. The second kappa shape index (κ2) is 6.92. The van der Waals surface area contributed by atoms with E-state index in [9.17, 15) is 14.4 Å². The first-order valence-electron chi connectivity index (χ1n) is 7.13. The lowest BCUT2D eigenvalue weighted by atomic mass is 10.1. The van der Waals surface area contributed by atoms with E-state index in [4.69, 9.17) is 21.1 Å². The molecule has 0 atom stereocenters. The van der Waals surface area contributed by atoms with Gasteiger partial charge in [-0.25, -0.2) is 4.79 Å². The second-order valence-corrected chi connectivity index (χ2v) is 5.44. The molecule has 0 aliphatic carbocycles. The Morgan fingerprint density at radius 3 is 2.21 bits per heavy atom. The molecule has 8 heteroatoms. The van der Waals surface area contributed by atoms with Crippen LogP contribution >= 0.6 is 11.6 Å². The van der Waals surface area contributed by atoms with Crippen LogP contribution in [0.15, 0.2) is 17.7 Å². The molecular formula is C16H17ClN2O5. The molecule has 1 aliphatic rings. The molecular weight excluding hydrogens is 336 g/mol. The number of hydrogen-bond donors (Lipinski definition) is 0. The van der Waals surface area contributed by atoms with Crippen LogP contribution < -0.4 is 9.47 Å². The third kappa shape index (κ3) is 3.07. The highest BCUT2D eigenvalue weighted by Gasteiger charge is 2.37. The zero-order valence-electron chi connectivity index (χ0n) is 13.8. The number of methoxy groups -OCH3 is 1. The number of ether oxygens (including phenoxy) is 2. The van der Waals surface area contributed by atoms with Crippen LogP contribution in [0.2, 0.25) is 5.02 Å². The number of amides is 4. The highest BCUT2D eigenvalue weighted by Crippen LogP contribution is 2.37. The van der Waals surface area contributed by atoms with Crippen molar-refractivity contribution in [3.8, 4) is 11.5 Å². The van der Waals surface area contributed by atoms with E-state index in [1.54, 1.807) is 12.1 Å². The highest BCUT2D eigenvalue weighted by molar-refractivity contribution is 6.33. The quantitative estimate of drug-likeness (QED) is 0.613. The number of carbonyl (C=O) groups excluding carboxylic acids is 3. The summed E-state index contributed by atoms with van der Waals surface area (Å²) in [5.41, 5.74) is 0.348. The van der Waals surface area contributed by atoms with E-state index in [0.29, 0.717) is 23.7 Å². The molecule has 1 aromatic carbocycles. The van der Waals surface area contributed by atoms with Gasteiger partial charge in [-0.15, -0.1) is 0 Å². The molecule has 0 saturated carbocycles. The van der Waals surface area contributed by atoms with Crippen LogP contribution in [0.4, 0.5) is 4.79 Å². The van der Waals surface area contributed by atoms with Gasteiger partial charge >= 0.3 is 6.03 Å². The van der Waals surface area contributed by atoms with Crippen LogP contribution in [0.25, 0.3) is 6.08 Å². The topological polar surface area (TPSA) is 76.2 Å². The fraction of sp³-hybridized carbons (Fsp3) is 0.312. The molecule has 0 spiro atoms. The third-order valence-corrected chi connectivity index (χ3v) is 3.77. The first-order valence-corrected chi connectivity index (χ1v) is 7.51. The Kier molecular flexibility index (Phi) is 5.14. The van der Waals surface area contributed by atoms with Crippen molar-refractivity contribution in [2.75, 3.05) is 27.8 Å². The molecule has 0 radical (unpaired) electrons. The van der Waals surface area contributed by atoms with Crippen molar-refractivity contribution in [1.29, 1.82) is 0 Å². The number of barbiturate groups is 1. The van der Waals surface area contributed by atoms with Gasteiger partial charge in [0.1, 0.15) is 5.57 Å². The largest absolute Gasteiger partial charge is 0.491 e. The van der Waals surface area contributed by atoms with Gasteiger partial charge in [0.05, 0.1) is 18.7 Å². The summed E-state index contributed by atoms with van der Waals surface area (Å²) in [6.45, 7) is 2.20. The molecule has 7 nitrogen and oxygen atoms in total. The Morgan fingerprint density at radius 2 is 1.71 bits per heavy atom. The fourth-order valence-corrected chi connectivity index (χ4v) is 2.57. The minimum Gasteiger partial charge on any atom is -0.491 e. The molecule has 2 rings (SSSR count). The summed E-state index contributed by atoms with van der Waals surface area (Å²) in [7, 11) is 4.09. The lowest BCUT2D eigenvalue weighted by Gasteiger charge is -2.28. The molecule has 1 saturated heterocycles. The van der Waals surface area contributed by atoms with Gasteiger partial charge in [0, 0.05) is 14.1 Å². The molecule has 1 aliphatic heterocycles. The van der Waals surface area contributed by atoms with Gasteiger partial charge in [-0.3, -0.25) is 19.4 Å². The van der Waals surface area contributed by atoms with Gasteiger partial charge in [0.2, 0.25) is 0 Å². The monoisotopic (exact) mass is 352 g/mol. The van der Waals surface area contributed by atoms with E-state index < -0.39 is 17.8 Å². The Morgan fingerprint density at radius 1 is 1.12 bits per heavy atom. The number of benzene rings is 1. The van der Waals surface area contributed by atoms with Crippen molar-refractivity contribution >= 4 is 35.5 Å². The van der Waals surface area contributed by atoms with Crippen molar-refractivity contribution in [2.45, 2.75) is 6.92 Å². The van der Waals surface area contributed by atoms with Gasteiger partial charge < -0.3 is 9.47 Å². The maximum absolute atomic E-state index is 12.2. The Balaban J connectivity index is 2.52. The predicted molar refractivity (Wildman–Crippen MR) is 88.1 cm³/mol. The summed E-state index contributed by atoms with van der Waals surface area (Å²) in [5, 5.41) is 0.281. The minimum atomic E-state index is -0.676. The van der Waals surface area contributed by atoms with E-state index in [1.165, 1.54) is 27.3 Å². The summed E-state index contributed by atoms with van der Waals surface area (Å²) in [4.78, 5) is 37.9. The lowest BCUT2D eigenvalue weighted by Crippen LogP contribution is -2.52. The van der Waals surface area contributed by atoms with Crippen LogP contribution in [-0.2, 0) is 9.59 Å². The third-order valence-electron chi connectivity index (χ3n) is 3.49. The van der Waals surface area contributed by atoms with Crippen molar-refractivity contribution in [3.63, 3.8) is 0 Å². The van der Waals surface area contributed by atoms with E-state index in [2.05, 4.69) is 0 Å². The van der Waals surface area contributed by atoms with Crippen LogP contribution in [0.5, 0.6) is 11.5 Å². The van der Waals surface area contributed by atoms with E-state index in [-0.39, 0.29) is 10.6 Å². The molecule has 1 heterocycles. The smallest absolute Gasteiger partial charge is 0.333 e. The van der Waals surface area contributed by atoms with Crippen molar-refractivity contribution in [2.24, 2.45) is 0 Å². The van der Waals surface area contributed by atoms with Crippen molar-refractivity contribution < 1.29 is 23.9 Å². The highest BCUT2D eigenvalue weighted by atomic mass is 35.5. The lowest BCUT2D eigenvalue weighted by molar-refractivity contribution is -0.134. The molecule has 0 bridgehead atoms. The fourth-order valence-electron chi connectivity index (χ4n) is 2.27. The summed E-state index contributed by atoms with van der Waals surface area (Å²) in [6, 6.07) is 2.48. The van der Waals surface area contributed by atoms with Crippen molar-refractivity contribution in [3.05, 3.63) is 28.3 Å². The van der Waals surface area contributed by atoms with Gasteiger partial charge in [-0.05, 0) is 30.7 Å². The molecule has 1 aromatic rings. The summed E-state index contributed by atoms with van der Waals surface area (Å²) >= 11 is 6.16. The molecule has 0 N–H and O–H groups in total. The average Bonchev–Trinajstić information content (AvgIpc) is 2.55. The van der Waals surface area contributed by atoms with Crippen LogP contribution in [-0.4, -0.2) is 55.5 Å². The first kappa shape index (κ1) is 17.8. The minimum absolute atomic E-state index is 0.136. The van der Waals surface area contributed by atoms with Crippen LogP contribution in [0.1, 0.15) is 12.5 Å². The standard InChI is InChI=1S/C16H17ClN2O5/c1-5-24-12-8-9(7-11(17)13(12)23-4)6-10-14(20)18(2)16(22)19(3)15(10)21/h6-8H,5H2,1-4H3. The number of imide groups is 2. The van der Waals surface area contributed by atoms with E-state index in [1.807, 2.05) is 6.92 Å². The Labute approximate surface area is 144 Å². The molecule has 1 fully saturated rings. The maximum Gasteiger partial charge on any atom is 0.333 e. The predicted octanol–water partition coefficient (Wildman–Crippen LogP) is 2.18.